The van der Waals surface area contributed by atoms with Crippen LogP contribution >= 0.6 is 0 Å². The fourth-order valence-corrected chi connectivity index (χ4v) is 5.17. The first-order chi connectivity index (χ1) is 14.1. The van der Waals surface area contributed by atoms with E-state index in [-0.39, 0.29) is 5.60 Å². The summed E-state index contributed by atoms with van der Waals surface area (Å²) in [5.41, 5.74) is 4.70. The number of hydrogen-bond acceptors (Lipinski definition) is 2. The van der Waals surface area contributed by atoms with Gasteiger partial charge in [-0.05, 0) is 55.9 Å². The zero-order chi connectivity index (χ0) is 19.8. The largest absolute Gasteiger partial charge is 0.489 e. The van der Waals surface area contributed by atoms with Crippen molar-refractivity contribution in [3.8, 4) is 22.6 Å². The highest BCUT2D eigenvalue weighted by Gasteiger charge is 2.46. The zero-order valence-electron chi connectivity index (χ0n) is 17.2. The van der Waals surface area contributed by atoms with E-state index in [0.717, 1.165) is 17.1 Å². The van der Waals surface area contributed by atoms with Gasteiger partial charge in [0.1, 0.15) is 23.7 Å². The third-order valence-electron chi connectivity index (χ3n) is 6.60. The zero-order valence-corrected chi connectivity index (χ0v) is 17.2. The summed E-state index contributed by atoms with van der Waals surface area (Å²) in [6, 6.07) is 25.3. The Hall–Kier alpha value is -2.74. The van der Waals surface area contributed by atoms with E-state index in [1.165, 1.54) is 36.0 Å². The highest BCUT2D eigenvalue weighted by Crippen LogP contribution is 2.56. The fourth-order valence-electron chi connectivity index (χ4n) is 5.17. The summed E-state index contributed by atoms with van der Waals surface area (Å²) < 4.78 is 12.9. The normalized spacial score (nSPS) is 21.7. The molecule has 0 unspecified atom stereocenters. The molecule has 0 aromatic heterocycles. The molecule has 1 saturated carbocycles. The van der Waals surface area contributed by atoms with Gasteiger partial charge in [0.2, 0.25) is 0 Å². The predicted octanol–water partition coefficient (Wildman–Crippen LogP) is 6.99. The molecule has 29 heavy (non-hydrogen) atoms. The molecule has 2 aliphatic rings. The average Bonchev–Trinajstić information content (AvgIpc) is 3.25. The SMILES string of the molecule is CC1(C)Oc2c(-c3ccccc3)cc(OCc3ccccc3)cc2[C@@H]2CCC[C@H]21. The van der Waals surface area contributed by atoms with Crippen LogP contribution in [0.2, 0.25) is 0 Å². The lowest BCUT2D eigenvalue weighted by molar-refractivity contribution is 0.0206. The van der Waals surface area contributed by atoms with Crippen molar-refractivity contribution in [1.29, 1.82) is 0 Å². The maximum atomic E-state index is 6.68. The van der Waals surface area contributed by atoms with E-state index in [1.54, 1.807) is 0 Å². The van der Waals surface area contributed by atoms with Crippen LogP contribution in [0.15, 0.2) is 72.8 Å². The van der Waals surface area contributed by atoms with Gasteiger partial charge >= 0.3 is 0 Å². The van der Waals surface area contributed by atoms with Gasteiger partial charge in [-0.2, -0.15) is 0 Å². The average molecular weight is 385 g/mol. The number of hydrogen-bond donors (Lipinski definition) is 0. The molecule has 148 valence electrons. The second kappa shape index (κ2) is 7.26. The van der Waals surface area contributed by atoms with Crippen molar-refractivity contribution in [1.82, 2.24) is 0 Å². The second-order valence-electron chi connectivity index (χ2n) is 8.88. The molecule has 3 aromatic carbocycles. The smallest absolute Gasteiger partial charge is 0.131 e. The molecular formula is C27H28O2. The standard InChI is InChI=1S/C27H28O2/c1-27(2)25-15-9-14-22(25)24-17-21(28-18-19-10-5-3-6-11-19)16-23(26(24)29-27)20-12-7-4-8-13-20/h3-8,10-13,16-17,22,25H,9,14-15,18H2,1-2H3/t22-,25+/m0/s1. The van der Waals surface area contributed by atoms with Gasteiger partial charge < -0.3 is 9.47 Å². The summed E-state index contributed by atoms with van der Waals surface area (Å²) in [6.07, 6.45) is 3.75. The lowest BCUT2D eigenvalue weighted by Gasteiger charge is -2.43. The molecule has 1 aliphatic heterocycles. The molecule has 5 rings (SSSR count). The van der Waals surface area contributed by atoms with Gasteiger partial charge in [-0.15, -0.1) is 0 Å². The summed E-state index contributed by atoms with van der Waals surface area (Å²) in [5, 5.41) is 0. The molecule has 1 aliphatic carbocycles. The second-order valence-corrected chi connectivity index (χ2v) is 8.88. The van der Waals surface area contributed by atoms with Crippen LogP contribution in [0.4, 0.5) is 0 Å². The summed E-state index contributed by atoms with van der Waals surface area (Å²) >= 11 is 0. The van der Waals surface area contributed by atoms with E-state index in [9.17, 15) is 0 Å². The molecule has 0 N–H and O–H groups in total. The van der Waals surface area contributed by atoms with Crippen molar-refractivity contribution in [2.45, 2.75) is 51.2 Å². The lowest BCUT2D eigenvalue weighted by atomic mass is 9.75. The summed E-state index contributed by atoms with van der Waals surface area (Å²) in [6.45, 7) is 5.09. The maximum absolute atomic E-state index is 6.68. The Balaban J connectivity index is 1.59. The molecule has 1 fully saturated rings. The Bertz CT molecular complexity index is 992. The van der Waals surface area contributed by atoms with Gasteiger partial charge in [0, 0.05) is 17.0 Å². The van der Waals surface area contributed by atoms with E-state index in [1.807, 2.05) is 6.07 Å². The van der Waals surface area contributed by atoms with Gasteiger partial charge in [0.15, 0.2) is 0 Å². The Morgan fingerprint density at radius 3 is 2.41 bits per heavy atom. The van der Waals surface area contributed by atoms with Crippen LogP contribution in [0.5, 0.6) is 11.5 Å². The lowest BCUT2D eigenvalue weighted by Crippen LogP contribution is -2.42. The van der Waals surface area contributed by atoms with E-state index in [0.29, 0.717) is 18.4 Å². The van der Waals surface area contributed by atoms with E-state index in [2.05, 4.69) is 80.6 Å². The monoisotopic (exact) mass is 384 g/mol. The molecule has 1 heterocycles. The van der Waals surface area contributed by atoms with Crippen molar-refractivity contribution in [3.05, 3.63) is 83.9 Å². The first kappa shape index (κ1) is 18.3. The molecule has 0 amide bonds. The summed E-state index contributed by atoms with van der Waals surface area (Å²) in [7, 11) is 0. The number of fused-ring (bicyclic) bond motifs is 3. The Morgan fingerprint density at radius 1 is 0.931 bits per heavy atom. The van der Waals surface area contributed by atoms with Gasteiger partial charge in [-0.25, -0.2) is 0 Å². The number of benzene rings is 3. The van der Waals surface area contributed by atoms with Gasteiger partial charge in [-0.1, -0.05) is 67.1 Å². The van der Waals surface area contributed by atoms with Crippen molar-refractivity contribution in [2.24, 2.45) is 5.92 Å². The molecule has 0 spiro atoms. The Kier molecular flexibility index (Phi) is 4.58. The first-order valence-corrected chi connectivity index (χ1v) is 10.7. The van der Waals surface area contributed by atoms with Crippen LogP contribution in [-0.4, -0.2) is 5.60 Å². The van der Waals surface area contributed by atoms with Gasteiger partial charge in [0.25, 0.3) is 0 Å². The summed E-state index contributed by atoms with van der Waals surface area (Å²) in [4.78, 5) is 0. The minimum atomic E-state index is -0.135. The van der Waals surface area contributed by atoms with Crippen molar-refractivity contribution in [3.63, 3.8) is 0 Å². The highest BCUT2D eigenvalue weighted by atomic mass is 16.5. The van der Waals surface area contributed by atoms with Crippen molar-refractivity contribution < 1.29 is 9.47 Å². The Labute approximate surface area is 173 Å². The predicted molar refractivity (Wildman–Crippen MR) is 117 cm³/mol. The van der Waals surface area contributed by atoms with Crippen LogP contribution in [0, 0.1) is 5.92 Å². The maximum Gasteiger partial charge on any atom is 0.131 e. The van der Waals surface area contributed by atoms with Crippen molar-refractivity contribution in [2.75, 3.05) is 0 Å². The summed E-state index contributed by atoms with van der Waals surface area (Å²) in [5.74, 6) is 3.11. The molecule has 0 radical (unpaired) electrons. The topological polar surface area (TPSA) is 18.5 Å². The first-order valence-electron chi connectivity index (χ1n) is 10.7. The highest BCUT2D eigenvalue weighted by molar-refractivity contribution is 5.75. The molecule has 0 bridgehead atoms. The molecule has 2 heteroatoms. The van der Waals surface area contributed by atoms with Crippen LogP contribution in [0.1, 0.15) is 50.2 Å². The minimum Gasteiger partial charge on any atom is -0.489 e. The fraction of sp³-hybridized carbons (Fsp3) is 0.333. The number of rotatable bonds is 4. The molecule has 3 aromatic rings. The third-order valence-corrected chi connectivity index (χ3v) is 6.60. The molecule has 2 nitrogen and oxygen atoms in total. The van der Waals surface area contributed by atoms with E-state index >= 15 is 0 Å². The van der Waals surface area contributed by atoms with Crippen LogP contribution in [0.25, 0.3) is 11.1 Å². The van der Waals surface area contributed by atoms with Crippen LogP contribution < -0.4 is 9.47 Å². The number of ether oxygens (including phenoxy) is 2. The third kappa shape index (κ3) is 3.42. The van der Waals surface area contributed by atoms with Gasteiger partial charge in [-0.3, -0.25) is 0 Å². The minimum absolute atomic E-state index is 0.135. The van der Waals surface area contributed by atoms with E-state index in [4.69, 9.17) is 9.47 Å². The molecular weight excluding hydrogens is 356 g/mol. The molecule has 0 saturated heterocycles. The van der Waals surface area contributed by atoms with E-state index < -0.39 is 0 Å². The van der Waals surface area contributed by atoms with Crippen molar-refractivity contribution >= 4 is 0 Å². The quantitative estimate of drug-likeness (QED) is 0.483. The van der Waals surface area contributed by atoms with Crippen LogP contribution in [-0.2, 0) is 6.61 Å². The molecule has 2 atom stereocenters. The Morgan fingerprint density at radius 2 is 1.66 bits per heavy atom. The van der Waals surface area contributed by atoms with Crippen LogP contribution in [0.3, 0.4) is 0 Å². The van der Waals surface area contributed by atoms with Gasteiger partial charge in [0.05, 0.1) is 0 Å².